The molecule has 4 aromatic rings. The number of rotatable bonds is 12. The highest BCUT2D eigenvalue weighted by Gasteiger charge is 2.15. The van der Waals surface area contributed by atoms with Gasteiger partial charge in [0.1, 0.15) is 23.5 Å². The van der Waals surface area contributed by atoms with Crippen LogP contribution in [0.3, 0.4) is 0 Å². The maximum atomic E-state index is 7.58. The molecular formula is C30H36N8O. The number of imidazole rings is 1. The van der Waals surface area contributed by atoms with Crippen molar-refractivity contribution in [2.75, 3.05) is 38.6 Å². The third kappa shape index (κ3) is 6.61. The molecule has 9 heteroatoms. The highest BCUT2D eigenvalue weighted by Crippen LogP contribution is 2.24. The van der Waals surface area contributed by atoms with Gasteiger partial charge in [-0.05, 0) is 43.1 Å². The predicted octanol–water partition coefficient (Wildman–Crippen LogP) is 4.72. The van der Waals surface area contributed by atoms with Crippen molar-refractivity contribution in [3.63, 3.8) is 0 Å². The molecule has 1 aliphatic rings. The molecule has 3 aromatic heterocycles. The summed E-state index contributed by atoms with van der Waals surface area (Å²) < 4.78 is 8.12. The van der Waals surface area contributed by atoms with E-state index in [1.165, 1.54) is 32.1 Å². The van der Waals surface area contributed by atoms with Crippen LogP contribution < -0.4 is 15.4 Å². The Morgan fingerprint density at radius 1 is 1.10 bits per heavy atom. The minimum Gasteiger partial charge on any atom is -0.493 e. The Morgan fingerprint density at radius 2 is 1.92 bits per heavy atom. The fourth-order valence-corrected chi connectivity index (χ4v) is 4.90. The quantitative estimate of drug-likeness (QED) is 0.230. The standard InChI is InChI=1S/C30H36N8O/c1-22(19-37-10-3-4-11-37)20-39-26-9-12-38-28(18-34-30(38)13-26)27-14-29(36-21-35-27)33-16-23-5-7-24(8-6-23)25(15-31)17-32-2/h5-9,12-15,17-18,21-22,31-32H,3-4,10-11,16,19-20H2,1-2H3,(H,33,35,36)/b25-17+,31-15?. The van der Waals surface area contributed by atoms with Crippen LogP contribution >= 0.6 is 0 Å². The molecule has 1 fully saturated rings. The topological polar surface area (TPSA) is 103 Å². The molecule has 9 nitrogen and oxygen atoms in total. The Hall–Kier alpha value is -4.24. The number of aromatic nitrogens is 4. The number of nitrogens with one attached hydrogen (secondary N) is 3. The molecule has 4 heterocycles. The Balaban J connectivity index is 1.21. The number of likely N-dealkylation sites (tertiary alicyclic amines) is 1. The smallest absolute Gasteiger partial charge is 0.140 e. The van der Waals surface area contributed by atoms with Crippen molar-refractivity contribution in [3.05, 3.63) is 78.5 Å². The van der Waals surface area contributed by atoms with E-state index < -0.39 is 0 Å². The summed E-state index contributed by atoms with van der Waals surface area (Å²) in [6.07, 6.45) is 11.2. The molecule has 5 rings (SSSR count). The third-order valence-electron chi connectivity index (χ3n) is 6.93. The summed E-state index contributed by atoms with van der Waals surface area (Å²) in [6, 6.07) is 14.0. The first-order valence-corrected chi connectivity index (χ1v) is 13.5. The zero-order chi connectivity index (χ0) is 27.0. The van der Waals surface area contributed by atoms with Crippen LogP contribution in [0, 0.1) is 11.3 Å². The summed E-state index contributed by atoms with van der Waals surface area (Å²) in [6.45, 7) is 7.07. The molecule has 1 atom stereocenters. The normalized spacial score (nSPS) is 14.9. The van der Waals surface area contributed by atoms with Gasteiger partial charge < -0.3 is 25.7 Å². The Bertz CT molecular complexity index is 1420. The molecule has 0 saturated carbocycles. The predicted molar refractivity (Wildman–Crippen MR) is 156 cm³/mol. The lowest BCUT2D eigenvalue weighted by atomic mass is 10.1. The van der Waals surface area contributed by atoms with E-state index in [2.05, 4.69) is 49.5 Å². The van der Waals surface area contributed by atoms with E-state index in [4.69, 9.17) is 10.1 Å². The maximum Gasteiger partial charge on any atom is 0.140 e. The van der Waals surface area contributed by atoms with Gasteiger partial charge in [0.25, 0.3) is 0 Å². The second-order valence-corrected chi connectivity index (χ2v) is 10.0. The van der Waals surface area contributed by atoms with Crippen LogP contribution in [0.1, 0.15) is 30.9 Å². The van der Waals surface area contributed by atoms with Crippen molar-refractivity contribution in [2.24, 2.45) is 5.92 Å². The van der Waals surface area contributed by atoms with E-state index in [1.807, 2.05) is 60.4 Å². The van der Waals surface area contributed by atoms with E-state index in [0.29, 0.717) is 19.1 Å². The van der Waals surface area contributed by atoms with Crippen molar-refractivity contribution in [1.82, 2.24) is 29.6 Å². The van der Waals surface area contributed by atoms with Crippen LogP contribution in [0.5, 0.6) is 5.75 Å². The van der Waals surface area contributed by atoms with Crippen LogP contribution in [0.25, 0.3) is 22.6 Å². The number of fused-ring (bicyclic) bond motifs is 1. The molecule has 1 aromatic carbocycles. The Kier molecular flexibility index (Phi) is 8.48. The van der Waals surface area contributed by atoms with Gasteiger partial charge in [-0.3, -0.25) is 4.40 Å². The minimum absolute atomic E-state index is 0.480. The molecule has 0 bridgehead atoms. The second kappa shape index (κ2) is 12.5. The van der Waals surface area contributed by atoms with Gasteiger partial charge in [-0.25, -0.2) is 15.0 Å². The fraction of sp³-hybridized carbons (Fsp3) is 0.333. The summed E-state index contributed by atoms with van der Waals surface area (Å²) in [4.78, 5) is 16.0. The van der Waals surface area contributed by atoms with Crippen molar-refractivity contribution in [1.29, 1.82) is 5.41 Å². The van der Waals surface area contributed by atoms with E-state index in [0.717, 1.165) is 51.8 Å². The molecule has 1 saturated heterocycles. The molecule has 3 N–H and O–H groups in total. The molecule has 0 spiro atoms. The second-order valence-electron chi connectivity index (χ2n) is 10.0. The van der Waals surface area contributed by atoms with E-state index in [9.17, 15) is 0 Å². The Morgan fingerprint density at radius 3 is 2.69 bits per heavy atom. The molecule has 0 amide bonds. The molecule has 39 heavy (non-hydrogen) atoms. The van der Waals surface area contributed by atoms with Crippen molar-refractivity contribution in [2.45, 2.75) is 26.3 Å². The fourth-order valence-electron chi connectivity index (χ4n) is 4.90. The lowest BCUT2D eigenvalue weighted by Gasteiger charge is -2.20. The summed E-state index contributed by atoms with van der Waals surface area (Å²) in [7, 11) is 1.83. The molecular weight excluding hydrogens is 488 g/mol. The number of nitrogens with zero attached hydrogens (tertiary/aromatic N) is 5. The lowest BCUT2D eigenvalue weighted by molar-refractivity contribution is 0.206. The summed E-state index contributed by atoms with van der Waals surface area (Å²) in [5.74, 6) is 2.05. The van der Waals surface area contributed by atoms with Gasteiger partial charge in [0.15, 0.2) is 0 Å². The number of hydrogen-bond donors (Lipinski definition) is 3. The van der Waals surface area contributed by atoms with Gasteiger partial charge in [0.2, 0.25) is 0 Å². The minimum atomic E-state index is 0.480. The van der Waals surface area contributed by atoms with Crippen molar-refractivity contribution >= 4 is 23.3 Å². The average molecular weight is 525 g/mol. The van der Waals surface area contributed by atoms with Gasteiger partial charge in [-0.2, -0.15) is 0 Å². The summed E-state index contributed by atoms with van der Waals surface area (Å²) in [5, 5.41) is 13.9. The van der Waals surface area contributed by atoms with Gasteiger partial charge >= 0.3 is 0 Å². The summed E-state index contributed by atoms with van der Waals surface area (Å²) in [5.41, 5.74) is 5.44. The van der Waals surface area contributed by atoms with Crippen LogP contribution in [-0.4, -0.2) is 63.8 Å². The monoisotopic (exact) mass is 524 g/mol. The average Bonchev–Trinajstić information content (AvgIpc) is 3.64. The number of anilines is 1. The first-order valence-electron chi connectivity index (χ1n) is 13.5. The van der Waals surface area contributed by atoms with Gasteiger partial charge in [-0.1, -0.05) is 31.2 Å². The first-order chi connectivity index (χ1) is 19.1. The first kappa shape index (κ1) is 26.4. The highest BCUT2D eigenvalue weighted by atomic mass is 16.5. The van der Waals surface area contributed by atoms with Crippen molar-refractivity contribution in [3.8, 4) is 17.1 Å². The van der Waals surface area contributed by atoms with E-state index in [-0.39, 0.29) is 0 Å². The number of allylic oxidation sites excluding steroid dienone is 1. The maximum absolute atomic E-state index is 7.58. The Labute approximate surface area is 229 Å². The number of hydrogen-bond acceptors (Lipinski definition) is 8. The van der Waals surface area contributed by atoms with E-state index >= 15 is 0 Å². The number of ether oxygens (including phenoxy) is 1. The molecule has 1 aliphatic heterocycles. The molecule has 0 aliphatic carbocycles. The zero-order valence-corrected chi connectivity index (χ0v) is 22.6. The van der Waals surface area contributed by atoms with Crippen LogP contribution in [0.4, 0.5) is 5.82 Å². The number of pyridine rings is 1. The number of benzene rings is 1. The SMILES string of the molecule is CN/C=C(\C=N)c1ccc(CNc2cc(-c3cnc4cc(OCC(C)CN5CCCC5)ccn34)ncn2)cc1. The van der Waals surface area contributed by atoms with Gasteiger partial charge in [-0.15, -0.1) is 0 Å². The lowest BCUT2D eigenvalue weighted by Crippen LogP contribution is -2.28. The molecule has 0 radical (unpaired) electrons. The largest absolute Gasteiger partial charge is 0.493 e. The summed E-state index contributed by atoms with van der Waals surface area (Å²) >= 11 is 0. The zero-order valence-electron chi connectivity index (χ0n) is 22.6. The van der Waals surface area contributed by atoms with Crippen LogP contribution in [-0.2, 0) is 6.54 Å². The van der Waals surface area contributed by atoms with Gasteiger partial charge in [0, 0.05) is 62.4 Å². The van der Waals surface area contributed by atoms with Crippen LogP contribution in [0.15, 0.2) is 67.4 Å². The van der Waals surface area contributed by atoms with Crippen LogP contribution in [0.2, 0.25) is 0 Å². The van der Waals surface area contributed by atoms with E-state index in [1.54, 1.807) is 6.33 Å². The molecule has 1 unspecified atom stereocenters. The highest BCUT2D eigenvalue weighted by molar-refractivity contribution is 6.08. The van der Waals surface area contributed by atoms with Crippen molar-refractivity contribution < 1.29 is 4.74 Å². The third-order valence-corrected chi connectivity index (χ3v) is 6.93. The van der Waals surface area contributed by atoms with Gasteiger partial charge in [0.05, 0.1) is 24.2 Å². The molecule has 202 valence electrons.